The number of ether oxygens (including phenoxy) is 1. The SMILES string of the molecule is [2H]CCCCCCCCCCCCCCC(=O)N[C@@H](C)C(=O)OC(C)(C)C. The van der Waals surface area contributed by atoms with Crippen LogP contribution in [0.1, 0.15) is 119 Å². The molecule has 154 valence electrons. The second-order valence-electron chi connectivity index (χ2n) is 8.32. The highest BCUT2D eigenvalue weighted by Crippen LogP contribution is 2.12. The fraction of sp³-hybridized carbons (Fsp3) is 0.909. The molecule has 0 aromatic carbocycles. The molecule has 0 unspecified atom stereocenters. The molecule has 4 heteroatoms. The fourth-order valence-corrected chi connectivity index (χ4v) is 2.82. The predicted molar refractivity (Wildman–Crippen MR) is 109 cm³/mol. The van der Waals surface area contributed by atoms with Crippen LogP contribution in [0.5, 0.6) is 0 Å². The van der Waals surface area contributed by atoms with Crippen LogP contribution in [0, 0.1) is 0 Å². The Balaban J connectivity index is 3.47. The van der Waals surface area contributed by atoms with Gasteiger partial charge in [0.2, 0.25) is 5.91 Å². The standard InChI is InChI=1S/C22H43NO3/c1-6-7-8-9-10-11-12-13-14-15-16-17-18-20(24)23-19(2)21(25)26-22(3,4)5/h19H,6-18H2,1-5H3,(H,23,24)/t19-/m0/s1/i1D. The highest BCUT2D eigenvalue weighted by Gasteiger charge is 2.22. The van der Waals surface area contributed by atoms with E-state index in [0.29, 0.717) is 13.3 Å². The van der Waals surface area contributed by atoms with Crippen LogP contribution in [0.4, 0.5) is 0 Å². The molecule has 0 rings (SSSR count). The first-order valence-electron chi connectivity index (χ1n) is 11.3. The van der Waals surface area contributed by atoms with E-state index >= 15 is 0 Å². The molecule has 0 aliphatic rings. The number of rotatable bonds is 15. The smallest absolute Gasteiger partial charge is 0.328 e. The average Bonchev–Trinajstić information content (AvgIpc) is 2.57. The first kappa shape index (κ1) is 23.0. The zero-order valence-electron chi connectivity index (χ0n) is 18.7. The Morgan fingerprint density at radius 1 is 0.885 bits per heavy atom. The third kappa shape index (κ3) is 16.4. The molecule has 0 aromatic heterocycles. The van der Waals surface area contributed by atoms with Gasteiger partial charge in [-0.1, -0.05) is 77.5 Å². The molecule has 0 radical (unpaired) electrons. The van der Waals surface area contributed by atoms with Crippen molar-refractivity contribution in [3.63, 3.8) is 0 Å². The Labute approximate surface area is 163 Å². The number of esters is 1. The summed E-state index contributed by atoms with van der Waals surface area (Å²) in [4.78, 5) is 23.7. The van der Waals surface area contributed by atoms with Crippen LogP contribution in [0.15, 0.2) is 0 Å². The minimum atomic E-state index is -0.594. The molecular formula is C22H43NO3. The van der Waals surface area contributed by atoms with Crippen LogP contribution in [-0.2, 0) is 14.3 Å². The van der Waals surface area contributed by atoms with Gasteiger partial charge in [0.1, 0.15) is 11.6 Å². The molecule has 0 heterocycles. The van der Waals surface area contributed by atoms with E-state index in [9.17, 15) is 9.59 Å². The zero-order valence-corrected chi connectivity index (χ0v) is 17.7. The maximum atomic E-state index is 11.9. The van der Waals surface area contributed by atoms with Gasteiger partial charge in [-0.25, -0.2) is 4.79 Å². The van der Waals surface area contributed by atoms with Crippen LogP contribution in [0.3, 0.4) is 0 Å². The number of unbranched alkanes of at least 4 members (excludes halogenated alkanes) is 11. The summed E-state index contributed by atoms with van der Waals surface area (Å²) in [6.07, 6.45) is 15.0. The first-order chi connectivity index (χ1) is 12.8. The molecular weight excluding hydrogens is 326 g/mol. The lowest BCUT2D eigenvalue weighted by Crippen LogP contribution is -2.42. The summed E-state index contributed by atoms with van der Waals surface area (Å²) in [5, 5.41) is 2.72. The van der Waals surface area contributed by atoms with E-state index in [1.165, 1.54) is 57.8 Å². The summed E-state index contributed by atoms with van der Waals surface area (Å²) in [5.41, 5.74) is -0.529. The second kappa shape index (κ2) is 15.0. The average molecular weight is 371 g/mol. The van der Waals surface area contributed by atoms with E-state index in [1.54, 1.807) is 6.92 Å². The summed E-state index contributed by atoms with van der Waals surface area (Å²) in [6.45, 7) is 7.70. The molecule has 0 aliphatic carbocycles. The van der Waals surface area contributed by atoms with Crippen molar-refractivity contribution in [3.8, 4) is 0 Å². The molecule has 0 saturated heterocycles. The minimum absolute atomic E-state index is 0.0706. The van der Waals surface area contributed by atoms with Gasteiger partial charge in [0.15, 0.2) is 0 Å². The summed E-state index contributed by atoms with van der Waals surface area (Å²) >= 11 is 0. The van der Waals surface area contributed by atoms with E-state index in [1.807, 2.05) is 20.8 Å². The van der Waals surface area contributed by atoms with Crippen molar-refractivity contribution in [1.29, 1.82) is 0 Å². The molecule has 1 amide bonds. The Morgan fingerprint density at radius 2 is 1.35 bits per heavy atom. The normalized spacial score (nSPS) is 13.2. The third-order valence-electron chi connectivity index (χ3n) is 4.29. The van der Waals surface area contributed by atoms with Gasteiger partial charge in [-0.3, -0.25) is 4.79 Å². The predicted octanol–water partition coefficient (Wildman–Crippen LogP) is 5.92. The fourth-order valence-electron chi connectivity index (χ4n) is 2.82. The largest absolute Gasteiger partial charge is 0.458 e. The molecule has 0 aromatic rings. The number of hydrogen-bond donors (Lipinski definition) is 1. The lowest BCUT2D eigenvalue weighted by molar-refractivity contribution is -0.158. The lowest BCUT2D eigenvalue weighted by Gasteiger charge is -2.22. The lowest BCUT2D eigenvalue weighted by atomic mass is 10.0. The molecule has 4 nitrogen and oxygen atoms in total. The van der Waals surface area contributed by atoms with Crippen LogP contribution in [-0.4, -0.2) is 23.5 Å². The first-order valence-corrected chi connectivity index (χ1v) is 10.6. The molecule has 1 atom stereocenters. The van der Waals surface area contributed by atoms with Crippen LogP contribution in [0.25, 0.3) is 0 Å². The van der Waals surface area contributed by atoms with Gasteiger partial charge in [-0.2, -0.15) is 0 Å². The monoisotopic (exact) mass is 370 g/mol. The number of amides is 1. The molecule has 1 N–H and O–H groups in total. The minimum Gasteiger partial charge on any atom is -0.458 e. The molecule has 0 spiro atoms. The maximum absolute atomic E-state index is 11.9. The highest BCUT2D eigenvalue weighted by atomic mass is 16.6. The molecule has 0 bridgehead atoms. The molecule has 0 fully saturated rings. The summed E-state index contributed by atoms with van der Waals surface area (Å²) in [7, 11) is 0. The number of hydrogen-bond acceptors (Lipinski definition) is 3. The van der Waals surface area contributed by atoms with Crippen molar-refractivity contribution in [2.75, 3.05) is 0 Å². The van der Waals surface area contributed by atoms with Gasteiger partial charge in [-0.05, 0) is 34.1 Å². The van der Waals surface area contributed by atoms with Crippen molar-refractivity contribution in [3.05, 3.63) is 0 Å². The van der Waals surface area contributed by atoms with Gasteiger partial charge in [0, 0.05) is 7.79 Å². The number of nitrogens with one attached hydrogen (secondary N) is 1. The van der Waals surface area contributed by atoms with Crippen LogP contribution < -0.4 is 5.32 Å². The van der Waals surface area contributed by atoms with E-state index < -0.39 is 11.6 Å². The van der Waals surface area contributed by atoms with Gasteiger partial charge in [0.05, 0.1) is 0 Å². The quantitative estimate of drug-likeness (QED) is 0.287. The molecule has 26 heavy (non-hydrogen) atoms. The second-order valence-corrected chi connectivity index (χ2v) is 8.32. The van der Waals surface area contributed by atoms with E-state index in [0.717, 1.165) is 19.3 Å². The number of carbonyl (C=O) groups excluding carboxylic acids is 2. The van der Waals surface area contributed by atoms with E-state index in [4.69, 9.17) is 6.11 Å². The third-order valence-corrected chi connectivity index (χ3v) is 4.29. The zero-order chi connectivity index (χ0) is 20.5. The van der Waals surface area contributed by atoms with E-state index in [2.05, 4.69) is 5.32 Å². The van der Waals surface area contributed by atoms with Crippen molar-refractivity contribution in [1.82, 2.24) is 5.32 Å². The highest BCUT2D eigenvalue weighted by molar-refractivity contribution is 5.84. The maximum Gasteiger partial charge on any atom is 0.328 e. The Bertz CT molecular complexity index is 394. The van der Waals surface area contributed by atoms with Gasteiger partial charge < -0.3 is 10.1 Å². The van der Waals surface area contributed by atoms with Crippen molar-refractivity contribution in [2.24, 2.45) is 0 Å². The van der Waals surface area contributed by atoms with Gasteiger partial charge >= 0.3 is 5.97 Å². The van der Waals surface area contributed by atoms with Crippen molar-refractivity contribution < 1.29 is 15.7 Å². The summed E-state index contributed by atoms with van der Waals surface area (Å²) < 4.78 is 12.4. The summed E-state index contributed by atoms with van der Waals surface area (Å²) in [6, 6.07) is -0.594. The Kier molecular flexibility index (Phi) is 13.3. The summed E-state index contributed by atoms with van der Waals surface area (Å²) in [5.74, 6) is -0.453. The van der Waals surface area contributed by atoms with Gasteiger partial charge in [0.25, 0.3) is 0 Å². The molecule has 0 saturated carbocycles. The van der Waals surface area contributed by atoms with Crippen molar-refractivity contribution in [2.45, 2.75) is 130 Å². The topological polar surface area (TPSA) is 55.4 Å². The van der Waals surface area contributed by atoms with Crippen LogP contribution >= 0.6 is 0 Å². The van der Waals surface area contributed by atoms with Gasteiger partial charge in [-0.15, -0.1) is 0 Å². The Morgan fingerprint density at radius 3 is 1.81 bits per heavy atom. The van der Waals surface area contributed by atoms with Crippen molar-refractivity contribution >= 4 is 11.9 Å². The molecule has 0 aliphatic heterocycles. The Hall–Kier alpha value is -1.06. The number of carbonyl (C=O) groups is 2. The van der Waals surface area contributed by atoms with E-state index in [-0.39, 0.29) is 11.9 Å². The van der Waals surface area contributed by atoms with Crippen LogP contribution in [0.2, 0.25) is 0 Å².